The summed E-state index contributed by atoms with van der Waals surface area (Å²) in [5.74, 6) is 0. The van der Waals surface area contributed by atoms with Crippen LogP contribution in [0.4, 0.5) is 13.2 Å². The Hall–Kier alpha value is -1.30. The van der Waals surface area contributed by atoms with Crippen molar-refractivity contribution in [2.45, 2.75) is 39.0 Å². The minimum atomic E-state index is -4.42. The first-order chi connectivity index (χ1) is 8.34. The molecule has 18 heavy (non-hydrogen) atoms. The molecule has 1 N–H and O–H groups in total. The zero-order chi connectivity index (χ0) is 13.8. The molecule has 1 aromatic heterocycles. The molecule has 0 aliphatic carbocycles. The van der Waals surface area contributed by atoms with Gasteiger partial charge in [0.2, 0.25) is 0 Å². The highest BCUT2D eigenvalue weighted by Crippen LogP contribution is 2.27. The van der Waals surface area contributed by atoms with Crippen LogP contribution in [0.25, 0.3) is 0 Å². The second kappa shape index (κ2) is 6.04. The van der Waals surface area contributed by atoms with Gasteiger partial charge in [-0.25, -0.2) is 0 Å². The molecule has 0 aromatic carbocycles. The molecule has 0 aliphatic rings. The fourth-order valence-electron chi connectivity index (χ4n) is 1.45. The van der Waals surface area contributed by atoms with Crippen molar-refractivity contribution in [3.63, 3.8) is 0 Å². The van der Waals surface area contributed by atoms with E-state index in [-0.39, 0.29) is 12.6 Å². The first-order valence-electron chi connectivity index (χ1n) is 5.85. The van der Waals surface area contributed by atoms with Crippen molar-refractivity contribution < 1.29 is 13.2 Å². The van der Waals surface area contributed by atoms with E-state index in [1.165, 1.54) is 0 Å². The number of alkyl halides is 3. The normalized spacial score (nSPS) is 13.6. The Kier molecular flexibility index (Phi) is 4.95. The van der Waals surface area contributed by atoms with Crippen LogP contribution in [0.1, 0.15) is 25.8 Å². The fraction of sp³-hybridized carbons (Fsp3) is 0.583. The fourth-order valence-corrected chi connectivity index (χ4v) is 1.45. The third-order valence-electron chi connectivity index (χ3n) is 2.77. The molecule has 1 atom stereocenters. The largest absolute Gasteiger partial charge is 0.417 e. The number of aromatic nitrogens is 1. The first-order valence-corrected chi connectivity index (χ1v) is 5.85. The Balaban J connectivity index is 2.73. The second-order valence-corrected chi connectivity index (χ2v) is 4.21. The second-order valence-electron chi connectivity index (χ2n) is 4.21. The number of pyridine rings is 1. The van der Waals surface area contributed by atoms with Gasteiger partial charge in [0.15, 0.2) is 0 Å². The topological polar surface area (TPSA) is 34.0 Å². The van der Waals surface area contributed by atoms with Gasteiger partial charge in [0.1, 0.15) is 0 Å². The van der Waals surface area contributed by atoms with E-state index in [0.717, 1.165) is 29.3 Å². The Labute approximate surface area is 104 Å². The van der Waals surface area contributed by atoms with Gasteiger partial charge >= 0.3 is 6.18 Å². The average Bonchev–Trinajstić information content (AvgIpc) is 2.29. The lowest BCUT2D eigenvalue weighted by Gasteiger charge is -2.13. The average molecular weight is 262 g/mol. The van der Waals surface area contributed by atoms with Crippen LogP contribution in [0, 0.1) is 0 Å². The molecule has 0 amide bonds. The van der Waals surface area contributed by atoms with Gasteiger partial charge in [-0.1, -0.05) is 6.92 Å². The third kappa shape index (κ3) is 4.18. The summed E-state index contributed by atoms with van der Waals surface area (Å²) in [6.07, 6.45) is -2.63. The molecule has 0 radical (unpaired) electrons. The summed E-state index contributed by atoms with van der Waals surface area (Å²) in [6.45, 7) is 4.69. The Morgan fingerprint density at radius 2 is 2.06 bits per heavy atom. The van der Waals surface area contributed by atoms with Crippen LogP contribution in [0.5, 0.6) is 0 Å². The smallest absolute Gasteiger partial charge is 0.314 e. The predicted molar refractivity (Wildman–Crippen MR) is 63.5 cm³/mol. The molecular formula is C12H17F3N2O. The van der Waals surface area contributed by atoms with E-state index in [9.17, 15) is 18.0 Å². The van der Waals surface area contributed by atoms with E-state index >= 15 is 0 Å². The van der Waals surface area contributed by atoms with E-state index in [0.29, 0.717) is 6.54 Å². The summed E-state index contributed by atoms with van der Waals surface area (Å²) in [7, 11) is 0. The zero-order valence-electron chi connectivity index (χ0n) is 10.4. The molecular weight excluding hydrogens is 245 g/mol. The molecule has 0 saturated heterocycles. The molecule has 1 rings (SSSR count). The third-order valence-corrected chi connectivity index (χ3v) is 2.77. The van der Waals surface area contributed by atoms with Gasteiger partial charge in [0.25, 0.3) is 5.56 Å². The summed E-state index contributed by atoms with van der Waals surface area (Å²) in [6, 6.07) is 2.04. The summed E-state index contributed by atoms with van der Waals surface area (Å²) in [5.41, 5.74) is -1.22. The van der Waals surface area contributed by atoms with Crippen LogP contribution < -0.4 is 10.9 Å². The molecule has 0 saturated carbocycles. The minimum Gasteiger partial charge on any atom is -0.314 e. The van der Waals surface area contributed by atoms with E-state index < -0.39 is 17.3 Å². The van der Waals surface area contributed by atoms with Crippen molar-refractivity contribution in [1.29, 1.82) is 0 Å². The molecule has 1 aromatic rings. The SMILES string of the molecule is CCC(C)NCCn1cc(C(F)(F)F)ccc1=O. The highest BCUT2D eigenvalue weighted by molar-refractivity contribution is 5.13. The van der Waals surface area contributed by atoms with Gasteiger partial charge in [-0.05, 0) is 19.4 Å². The minimum absolute atomic E-state index is 0.229. The first kappa shape index (κ1) is 14.8. The highest BCUT2D eigenvalue weighted by Gasteiger charge is 2.30. The molecule has 1 heterocycles. The molecule has 1 unspecified atom stereocenters. The van der Waals surface area contributed by atoms with Gasteiger partial charge < -0.3 is 9.88 Å². The number of hydrogen-bond acceptors (Lipinski definition) is 2. The lowest BCUT2D eigenvalue weighted by atomic mass is 10.2. The van der Waals surface area contributed by atoms with Gasteiger partial charge in [-0.15, -0.1) is 0 Å². The van der Waals surface area contributed by atoms with Crippen LogP contribution >= 0.6 is 0 Å². The number of rotatable bonds is 5. The molecule has 0 fully saturated rings. The highest BCUT2D eigenvalue weighted by atomic mass is 19.4. The summed E-state index contributed by atoms with van der Waals surface area (Å²) in [4.78, 5) is 11.4. The van der Waals surface area contributed by atoms with Crippen molar-refractivity contribution in [2.24, 2.45) is 0 Å². The van der Waals surface area contributed by atoms with E-state index in [1.807, 2.05) is 13.8 Å². The van der Waals surface area contributed by atoms with Crippen LogP contribution in [0.3, 0.4) is 0 Å². The Morgan fingerprint density at radius 3 is 2.61 bits per heavy atom. The van der Waals surface area contributed by atoms with Crippen LogP contribution in [-0.2, 0) is 12.7 Å². The lowest BCUT2D eigenvalue weighted by molar-refractivity contribution is -0.138. The van der Waals surface area contributed by atoms with Gasteiger partial charge in [-0.3, -0.25) is 4.79 Å². The van der Waals surface area contributed by atoms with Crippen molar-refractivity contribution in [1.82, 2.24) is 9.88 Å². The number of nitrogens with one attached hydrogen (secondary N) is 1. The Bertz CT molecular complexity index is 440. The molecule has 0 bridgehead atoms. The molecule has 3 nitrogen and oxygen atoms in total. The van der Waals surface area contributed by atoms with Crippen molar-refractivity contribution in [2.75, 3.05) is 6.54 Å². The van der Waals surface area contributed by atoms with Gasteiger partial charge in [0, 0.05) is 31.4 Å². The predicted octanol–water partition coefficient (Wildman–Crippen LogP) is 2.26. The maximum absolute atomic E-state index is 12.5. The van der Waals surface area contributed by atoms with E-state index in [4.69, 9.17) is 0 Å². The molecule has 0 spiro atoms. The van der Waals surface area contributed by atoms with E-state index in [2.05, 4.69) is 5.32 Å². The lowest BCUT2D eigenvalue weighted by Crippen LogP contribution is -2.32. The maximum Gasteiger partial charge on any atom is 0.417 e. The number of hydrogen-bond donors (Lipinski definition) is 1. The monoisotopic (exact) mass is 262 g/mol. The Morgan fingerprint density at radius 1 is 1.39 bits per heavy atom. The van der Waals surface area contributed by atoms with Crippen LogP contribution in [-0.4, -0.2) is 17.2 Å². The molecule has 6 heteroatoms. The maximum atomic E-state index is 12.5. The molecule has 102 valence electrons. The van der Waals surface area contributed by atoms with Crippen molar-refractivity contribution in [3.05, 3.63) is 34.2 Å². The van der Waals surface area contributed by atoms with Crippen LogP contribution in [0.15, 0.2) is 23.1 Å². The zero-order valence-corrected chi connectivity index (χ0v) is 10.4. The standard InChI is InChI=1S/C12H17F3N2O/c1-3-9(2)16-6-7-17-8-10(12(13,14)15)4-5-11(17)18/h4-5,8-9,16H,3,6-7H2,1-2H3. The van der Waals surface area contributed by atoms with Crippen molar-refractivity contribution in [3.8, 4) is 0 Å². The van der Waals surface area contributed by atoms with Gasteiger partial charge in [0.05, 0.1) is 5.56 Å². The summed E-state index contributed by atoms with van der Waals surface area (Å²) < 4.78 is 38.5. The van der Waals surface area contributed by atoms with Crippen molar-refractivity contribution >= 4 is 0 Å². The quantitative estimate of drug-likeness (QED) is 0.883. The van der Waals surface area contributed by atoms with Crippen LogP contribution in [0.2, 0.25) is 0 Å². The number of nitrogens with zero attached hydrogens (tertiary/aromatic N) is 1. The van der Waals surface area contributed by atoms with E-state index in [1.54, 1.807) is 0 Å². The van der Waals surface area contributed by atoms with Gasteiger partial charge in [-0.2, -0.15) is 13.2 Å². The number of halogens is 3. The summed E-state index contributed by atoms with van der Waals surface area (Å²) in [5, 5.41) is 3.13. The summed E-state index contributed by atoms with van der Waals surface area (Å²) >= 11 is 0. The molecule has 0 aliphatic heterocycles.